The van der Waals surface area contributed by atoms with Crippen LogP contribution >= 0.6 is 12.4 Å². The number of imidazole rings is 1. The van der Waals surface area contributed by atoms with Crippen LogP contribution in [-0.2, 0) is 6.42 Å². The molecule has 136 valence electrons. The van der Waals surface area contributed by atoms with Crippen LogP contribution in [0.1, 0.15) is 77.0 Å². The van der Waals surface area contributed by atoms with E-state index < -0.39 is 0 Å². The molecule has 0 atom stereocenters. The number of H-pyrrole nitrogens is 2. The summed E-state index contributed by atoms with van der Waals surface area (Å²) in [6, 6.07) is 0. The van der Waals surface area contributed by atoms with Gasteiger partial charge in [-0.15, -0.1) is 12.4 Å². The lowest BCUT2D eigenvalue weighted by atomic mass is 10.1. The number of rotatable bonds is 11. The average molecular weight is 356 g/mol. The molecule has 0 saturated heterocycles. The molecular formula is C17H30ClN5O. The topological polar surface area (TPSA) is 100 Å². The van der Waals surface area contributed by atoms with Crippen LogP contribution in [0.5, 0.6) is 0 Å². The first-order valence-corrected chi connectivity index (χ1v) is 8.95. The largest absolute Gasteiger partial charge is 0.369 e. The van der Waals surface area contributed by atoms with Gasteiger partial charge in [0.15, 0.2) is 11.2 Å². The van der Waals surface area contributed by atoms with E-state index in [9.17, 15) is 4.79 Å². The molecule has 0 amide bonds. The minimum atomic E-state index is -0.255. The van der Waals surface area contributed by atoms with Crippen LogP contribution < -0.4 is 11.3 Å². The molecule has 0 aliphatic rings. The fraction of sp³-hybridized carbons (Fsp3) is 0.706. The van der Waals surface area contributed by atoms with E-state index in [4.69, 9.17) is 5.73 Å². The van der Waals surface area contributed by atoms with Crippen LogP contribution in [0.2, 0.25) is 0 Å². The molecule has 2 aromatic rings. The number of nitrogens with two attached hydrogens (primary N) is 1. The van der Waals surface area contributed by atoms with E-state index in [1.54, 1.807) is 0 Å². The Balaban J connectivity index is 0.00000288. The standard InChI is InChI=1S/C17H29N5O.ClH/c1-2-3-4-5-6-7-8-9-10-11-12-13-19-14-15(20-13)21-17(18)22-16(14)23;/h2-12H2,1H3,(H4,18,19,20,21,22,23);1H. The van der Waals surface area contributed by atoms with Crippen LogP contribution in [-0.4, -0.2) is 19.9 Å². The maximum absolute atomic E-state index is 11.7. The van der Waals surface area contributed by atoms with E-state index in [1.807, 2.05) is 0 Å². The SMILES string of the molecule is CCCCCCCCCCCCc1nc2nc(N)[nH]c(=O)c2[nH]1.Cl. The quantitative estimate of drug-likeness (QED) is 0.528. The summed E-state index contributed by atoms with van der Waals surface area (Å²) in [6.07, 6.45) is 13.9. The third-order valence-corrected chi connectivity index (χ3v) is 4.20. The Morgan fingerprint density at radius 1 is 0.875 bits per heavy atom. The van der Waals surface area contributed by atoms with Crippen molar-refractivity contribution in [3.05, 3.63) is 16.2 Å². The molecule has 2 heterocycles. The van der Waals surface area contributed by atoms with Crippen molar-refractivity contribution < 1.29 is 0 Å². The van der Waals surface area contributed by atoms with E-state index in [-0.39, 0.29) is 23.9 Å². The Hall–Kier alpha value is -1.56. The highest BCUT2D eigenvalue weighted by Crippen LogP contribution is 2.12. The molecule has 0 bridgehead atoms. The Bertz CT molecular complexity index is 652. The third-order valence-electron chi connectivity index (χ3n) is 4.20. The molecule has 4 N–H and O–H groups in total. The molecule has 0 fully saturated rings. The number of aryl methyl sites for hydroxylation is 1. The minimum Gasteiger partial charge on any atom is -0.369 e. The third kappa shape index (κ3) is 6.51. The summed E-state index contributed by atoms with van der Waals surface area (Å²) >= 11 is 0. The monoisotopic (exact) mass is 355 g/mol. The fourth-order valence-electron chi connectivity index (χ4n) is 2.87. The Labute approximate surface area is 149 Å². The molecule has 0 saturated carbocycles. The zero-order valence-corrected chi connectivity index (χ0v) is 15.4. The smallest absolute Gasteiger partial charge is 0.278 e. The maximum Gasteiger partial charge on any atom is 0.278 e. The van der Waals surface area contributed by atoms with Crippen molar-refractivity contribution >= 4 is 29.5 Å². The summed E-state index contributed by atoms with van der Waals surface area (Å²) in [5, 5.41) is 0. The summed E-state index contributed by atoms with van der Waals surface area (Å²) in [6.45, 7) is 2.25. The highest BCUT2D eigenvalue weighted by Gasteiger charge is 2.08. The number of anilines is 1. The number of hydrogen-bond acceptors (Lipinski definition) is 4. The molecule has 0 aliphatic heterocycles. The van der Waals surface area contributed by atoms with Gasteiger partial charge in [0.25, 0.3) is 5.56 Å². The first-order chi connectivity index (χ1) is 11.2. The van der Waals surface area contributed by atoms with E-state index >= 15 is 0 Å². The zero-order chi connectivity index (χ0) is 16.5. The average Bonchev–Trinajstić information content (AvgIpc) is 2.92. The van der Waals surface area contributed by atoms with E-state index in [0.29, 0.717) is 11.2 Å². The van der Waals surface area contributed by atoms with E-state index in [1.165, 1.54) is 57.8 Å². The van der Waals surface area contributed by atoms with E-state index in [0.717, 1.165) is 18.7 Å². The number of nitrogens with zero attached hydrogens (tertiary/aromatic N) is 2. The van der Waals surface area contributed by atoms with Crippen molar-refractivity contribution in [2.24, 2.45) is 0 Å². The summed E-state index contributed by atoms with van der Waals surface area (Å²) in [5.74, 6) is 0.933. The van der Waals surface area contributed by atoms with Gasteiger partial charge in [0, 0.05) is 6.42 Å². The molecule has 0 unspecified atom stereocenters. The summed E-state index contributed by atoms with van der Waals surface area (Å²) < 4.78 is 0. The Kier molecular flexibility index (Phi) is 9.45. The van der Waals surface area contributed by atoms with Gasteiger partial charge in [0.05, 0.1) is 0 Å². The van der Waals surface area contributed by atoms with Gasteiger partial charge in [0.1, 0.15) is 5.82 Å². The number of fused-ring (bicyclic) bond motifs is 1. The van der Waals surface area contributed by atoms with Gasteiger partial charge >= 0.3 is 0 Å². The second-order valence-corrected chi connectivity index (χ2v) is 6.27. The van der Waals surface area contributed by atoms with Crippen LogP contribution in [0.4, 0.5) is 5.95 Å². The minimum absolute atomic E-state index is 0. The molecule has 0 aliphatic carbocycles. The second-order valence-electron chi connectivity index (χ2n) is 6.27. The van der Waals surface area contributed by atoms with Gasteiger partial charge < -0.3 is 10.7 Å². The molecule has 6 nitrogen and oxygen atoms in total. The van der Waals surface area contributed by atoms with Gasteiger partial charge in [0.2, 0.25) is 5.95 Å². The molecule has 7 heteroatoms. The first-order valence-electron chi connectivity index (χ1n) is 8.95. The molecule has 0 spiro atoms. The van der Waals surface area contributed by atoms with Gasteiger partial charge in [-0.05, 0) is 6.42 Å². The second kappa shape index (κ2) is 11.1. The lowest BCUT2D eigenvalue weighted by Crippen LogP contribution is -2.10. The highest BCUT2D eigenvalue weighted by molar-refractivity contribution is 5.85. The van der Waals surface area contributed by atoms with Crippen molar-refractivity contribution in [3.8, 4) is 0 Å². The predicted molar refractivity (Wildman–Crippen MR) is 102 cm³/mol. The van der Waals surface area contributed by atoms with Crippen molar-refractivity contribution in [2.75, 3.05) is 5.73 Å². The van der Waals surface area contributed by atoms with Gasteiger partial charge in [-0.2, -0.15) is 4.98 Å². The van der Waals surface area contributed by atoms with Gasteiger partial charge in [-0.25, -0.2) is 4.98 Å². The van der Waals surface area contributed by atoms with Gasteiger partial charge in [-0.1, -0.05) is 64.7 Å². The summed E-state index contributed by atoms with van der Waals surface area (Å²) in [4.78, 5) is 25.6. The van der Waals surface area contributed by atoms with Crippen molar-refractivity contribution in [1.82, 2.24) is 19.9 Å². The number of nitrogen functional groups attached to an aromatic ring is 1. The van der Waals surface area contributed by atoms with Crippen molar-refractivity contribution in [2.45, 2.75) is 77.6 Å². The highest BCUT2D eigenvalue weighted by atomic mass is 35.5. The number of aromatic nitrogens is 4. The number of halogens is 1. The predicted octanol–water partition coefficient (Wildman–Crippen LogP) is 4.11. The molecule has 0 aromatic carbocycles. The van der Waals surface area contributed by atoms with Gasteiger partial charge in [-0.3, -0.25) is 9.78 Å². The Morgan fingerprint density at radius 2 is 1.46 bits per heavy atom. The Morgan fingerprint density at radius 3 is 2.08 bits per heavy atom. The van der Waals surface area contributed by atoms with Crippen molar-refractivity contribution in [3.63, 3.8) is 0 Å². The lowest BCUT2D eigenvalue weighted by molar-refractivity contribution is 0.554. The number of hydrogen-bond donors (Lipinski definition) is 3. The molecule has 2 rings (SSSR count). The van der Waals surface area contributed by atoms with Crippen LogP contribution in [0.15, 0.2) is 4.79 Å². The molecule has 0 radical (unpaired) electrons. The lowest BCUT2D eigenvalue weighted by Gasteiger charge is -2.01. The number of aromatic amines is 2. The molecule has 24 heavy (non-hydrogen) atoms. The summed E-state index contributed by atoms with van der Waals surface area (Å²) in [5.41, 5.74) is 6.09. The summed E-state index contributed by atoms with van der Waals surface area (Å²) in [7, 11) is 0. The zero-order valence-electron chi connectivity index (χ0n) is 14.6. The fourth-order valence-corrected chi connectivity index (χ4v) is 2.87. The van der Waals surface area contributed by atoms with Crippen molar-refractivity contribution in [1.29, 1.82) is 0 Å². The normalized spacial score (nSPS) is 10.9. The molecule has 2 aromatic heterocycles. The van der Waals surface area contributed by atoms with Crippen LogP contribution in [0.25, 0.3) is 11.2 Å². The number of nitrogens with one attached hydrogen (secondary N) is 2. The van der Waals surface area contributed by atoms with E-state index in [2.05, 4.69) is 26.9 Å². The number of unbranched alkanes of at least 4 members (excludes halogenated alkanes) is 9. The molecular weight excluding hydrogens is 326 g/mol. The van der Waals surface area contributed by atoms with Crippen LogP contribution in [0, 0.1) is 0 Å². The van der Waals surface area contributed by atoms with Crippen LogP contribution in [0.3, 0.4) is 0 Å². The first kappa shape index (κ1) is 20.5. The maximum atomic E-state index is 11.7.